The molecule has 3 amide bonds. The molecule has 29 heavy (non-hydrogen) atoms. The molecular formula is C22H28N4O2S. The van der Waals surface area contributed by atoms with Crippen molar-refractivity contribution in [2.24, 2.45) is 0 Å². The lowest BCUT2D eigenvalue weighted by molar-refractivity contribution is 0.0951. The van der Waals surface area contributed by atoms with E-state index in [-0.39, 0.29) is 18.0 Å². The predicted molar refractivity (Wildman–Crippen MR) is 121 cm³/mol. The third-order valence-corrected chi connectivity index (χ3v) is 5.53. The number of urea groups is 1. The van der Waals surface area contributed by atoms with E-state index >= 15 is 0 Å². The van der Waals surface area contributed by atoms with Gasteiger partial charge >= 0.3 is 6.03 Å². The Morgan fingerprint density at radius 2 is 1.66 bits per heavy atom. The van der Waals surface area contributed by atoms with Gasteiger partial charge in [0.2, 0.25) is 0 Å². The number of amides is 3. The molecule has 0 spiro atoms. The number of carbonyl (C=O) groups is 2. The molecule has 0 unspecified atom stereocenters. The fourth-order valence-corrected chi connectivity index (χ4v) is 3.97. The summed E-state index contributed by atoms with van der Waals surface area (Å²) in [5.74, 6) is 2.21. The Balaban J connectivity index is 1.49. The van der Waals surface area contributed by atoms with Gasteiger partial charge < -0.3 is 20.9 Å². The van der Waals surface area contributed by atoms with Crippen LogP contribution in [0.3, 0.4) is 0 Å². The minimum atomic E-state index is -0.260. The number of hydrogen-bond donors (Lipinski definition) is 3. The van der Waals surface area contributed by atoms with Crippen LogP contribution in [0.4, 0.5) is 16.2 Å². The number of carbonyl (C=O) groups excluding carboxylic acids is 2. The van der Waals surface area contributed by atoms with Gasteiger partial charge in [0.1, 0.15) is 0 Å². The van der Waals surface area contributed by atoms with Crippen LogP contribution < -0.4 is 20.9 Å². The highest BCUT2D eigenvalue weighted by molar-refractivity contribution is 7.99. The number of nitrogens with zero attached hydrogens (tertiary/aromatic N) is 1. The van der Waals surface area contributed by atoms with Gasteiger partial charge in [0.25, 0.3) is 5.91 Å². The van der Waals surface area contributed by atoms with Crippen LogP contribution in [0.1, 0.15) is 29.8 Å². The van der Waals surface area contributed by atoms with E-state index in [4.69, 9.17) is 0 Å². The second kappa shape index (κ2) is 10.2. The van der Waals surface area contributed by atoms with E-state index < -0.39 is 0 Å². The van der Waals surface area contributed by atoms with Crippen molar-refractivity contribution in [3.8, 4) is 0 Å². The van der Waals surface area contributed by atoms with Crippen LogP contribution in [0.25, 0.3) is 0 Å². The SMILES string of the molecule is CC(C)NC(=O)Nc1ccc(C(=O)NCc2ccc(N3CCSCC3)cc2)cc1. The van der Waals surface area contributed by atoms with Gasteiger partial charge in [-0.25, -0.2) is 4.79 Å². The predicted octanol–water partition coefficient (Wildman–Crippen LogP) is 3.70. The fourth-order valence-electron chi connectivity index (χ4n) is 3.06. The third kappa shape index (κ3) is 6.42. The normalized spacial score (nSPS) is 13.8. The molecule has 1 fully saturated rings. The topological polar surface area (TPSA) is 73.5 Å². The van der Waals surface area contributed by atoms with Crippen LogP contribution in [0, 0.1) is 0 Å². The number of rotatable bonds is 6. The van der Waals surface area contributed by atoms with Crippen LogP contribution >= 0.6 is 11.8 Å². The molecule has 2 aromatic carbocycles. The number of thioether (sulfide) groups is 1. The van der Waals surface area contributed by atoms with Crippen molar-refractivity contribution in [2.75, 3.05) is 34.8 Å². The molecule has 1 heterocycles. The lowest BCUT2D eigenvalue weighted by Crippen LogP contribution is -2.34. The van der Waals surface area contributed by atoms with Crippen molar-refractivity contribution in [2.45, 2.75) is 26.4 Å². The van der Waals surface area contributed by atoms with Gasteiger partial charge in [-0.3, -0.25) is 4.79 Å². The maximum atomic E-state index is 12.4. The molecule has 2 aromatic rings. The lowest BCUT2D eigenvalue weighted by Gasteiger charge is -2.28. The third-order valence-electron chi connectivity index (χ3n) is 4.59. The average molecular weight is 413 g/mol. The van der Waals surface area contributed by atoms with Crippen LogP contribution in [-0.2, 0) is 6.54 Å². The standard InChI is InChI=1S/C22H28N4O2S/c1-16(2)24-22(28)25-19-7-5-18(6-8-19)21(27)23-15-17-3-9-20(10-4-17)26-11-13-29-14-12-26/h3-10,16H,11-15H2,1-2H3,(H,23,27)(H2,24,25,28). The Morgan fingerprint density at radius 3 is 2.28 bits per heavy atom. The van der Waals surface area contributed by atoms with E-state index in [0.717, 1.165) is 18.7 Å². The number of hydrogen-bond acceptors (Lipinski definition) is 4. The molecule has 0 aromatic heterocycles. The van der Waals surface area contributed by atoms with Gasteiger partial charge in [-0.2, -0.15) is 11.8 Å². The molecule has 1 saturated heterocycles. The minimum Gasteiger partial charge on any atom is -0.370 e. The van der Waals surface area contributed by atoms with Crippen molar-refractivity contribution < 1.29 is 9.59 Å². The molecule has 1 aliphatic rings. The fraction of sp³-hybridized carbons (Fsp3) is 0.364. The number of nitrogens with one attached hydrogen (secondary N) is 3. The summed E-state index contributed by atoms with van der Waals surface area (Å²) in [5.41, 5.74) is 3.51. The van der Waals surface area contributed by atoms with Gasteiger partial charge in [0, 0.05) is 54.1 Å². The number of anilines is 2. The molecule has 0 atom stereocenters. The van der Waals surface area contributed by atoms with E-state index in [1.54, 1.807) is 24.3 Å². The van der Waals surface area contributed by atoms with E-state index in [1.165, 1.54) is 17.2 Å². The second-order valence-corrected chi connectivity index (χ2v) is 8.50. The Labute approximate surface area is 176 Å². The van der Waals surface area contributed by atoms with Crippen LogP contribution in [-0.4, -0.2) is 42.6 Å². The Kier molecular flexibility index (Phi) is 7.41. The second-order valence-electron chi connectivity index (χ2n) is 7.28. The van der Waals surface area contributed by atoms with Gasteiger partial charge in [-0.15, -0.1) is 0 Å². The highest BCUT2D eigenvalue weighted by atomic mass is 32.2. The van der Waals surface area contributed by atoms with Crippen molar-refractivity contribution in [3.63, 3.8) is 0 Å². The Hall–Kier alpha value is -2.67. The summed E-state index contributed by atoms with van der Waals surface area (Å²) in [5, 5.41) is 8.45. The van der Waals surface area contributed by atoms with Gasteiger partial charge in [-0.05, 0) is 55.8 Å². The molecule has 0 bridgehead atoms. The molecule has 3 N–H and O–H groups in total. The van der Waals surface area contributed by atoms with Crippen LogP contribution in [0.2, 0.25) is 0 Å². The molecule has 7 heteroatoms. The zero-order valence-electron chi connectivity index (χ0n) is 16.9. The molecule has 0 aliphatic carbocycles. The summed E-state index contributed by atoms with van der Waals surface area (Å²) in [6, 6.07) is 15.0. The quantitative estimate of drug-likeness (QED) is 0.676. The smallest absolute Gasteiger partial charge is 0.319 e. The number of benzene rings is 2. The Morgan fingerprint density at radius 1 is 1.00 bits per heavy atom. The first kappa shape index (κ1) is 21.0. The molecule has 154 valence electrons. The lowest BCUT2D eigenvalue weighted by atomic mass is 10.1. The maximum Gasteiger partial charge on any atom is 0.319 e. The van der Waals surface area contributed by atoms with Crippen molar-refractivity contribution >= 4 is 35.1 Å². The van der Waals surface area contributed by atoms with E-state index in [1.807, 2.05) is 25.6 Å². The highest BCUT2D eigenvalue weighted by Crippen LogP contribution is 2.20. The first-order valence-corrected chi connectivity index (χ1v) is 11.0. The van der Waals surface area contributed by atoms with E-state index in [0.29, 0.717) is 17.8 Å². The van der Waals surface area contributed by atoms with Gasteiger partial charge in [0.15, 0.2) is 0 Å². The summed E-state index contributed by atoms with van der Waals surface area (Å²) in [4.78, 5) is 26.5. The Bertz CT molecular complexity index is 816. The van der Waals surface area contributed by atoms with E-state index in [9.17, 15) is 9.59 Å². The largest absolute Gasteiger partial charge is 0.370 e. The first-order chi connectivity index (χ1) is 14.0. The van der Waals surface area contributed by atoms with Crippen LogP contribution in [0.5, 0.6) is 0 Å². The highest BCUT2D eigenvalue weighted by Gasteiger charge is 2.11. The first-order valence-electron chi connectivity index (χ1n) is 9.88. The minimum absolute atomic E-state index is 0.0629. The van der Waals surface area contributed by atoms with Gasteiger partial charge in [0.05, 0.1) is 0 Å². The molecule has 3 rings (SSSR count). The summed E-state index contributed by atoms with van der Waals surface area (Å²) < 4.78 is 0. The van der Waals surface area contributed by atoms with Gasteiger partial charge in [-0.1, -0.05) is 12.1 Å². The van der Waals surface area contributed by atoms with Crippen molar-refractivity contribution in [1.29, 1.82) is 0 Å². The molecule has 0 saturated carbocycles. The van der Waals surface area contributed by atoms with Crippen LogP contribution in [0.15, 0.2) is 48.5 Å². The molecule has 6 nitrogen and oxygen atoms in total. The van der Waals surface area contributed by atoms with Crippen molar-refractivity contribution in [3.05, 3.63) is 59.7 Å². The molecule has 0 radical (unpaired) electrons. The zero-order chi connectivity index (χ0) is 20.6. The summed E-state index contributed by atoms with van der Waals surface area (Å²) in [7, 11) is 0. The maximum absolute atomic E-state index is 12.4. The monoisotopic (exact) mass is 412 g/mol. The van der Waals surface area contributed by atoms with Crippen molar-refractivity contribution in [1.82, 2.24) is 10.6 Å². The summed E-state index contributed by atoms with van der Waals surface area (Å²) in [6.45, 7) is 6.45. The summed E-state index contributed by atoms with van der Waals surface area (Å²) >= 11 is 2.00. The molecular weight excluding hydrogens is 384 g/mol. The average Bonchev–Trinajstić information content (AvgIpc) is 2.73. The summed E-state index contributed by atoms with van der Waals surface area (Å²) in [6.07, 6.45) is 0. The zero-order valence-corrected chi connectivity index (χ0v) is 17.7. The molecule has 1 aliphatic heterocycles. The van der Waals surface area contributed by atoms with E-state index in [2.05, 4.69) is 45.1 Å².